The third-order valence-electron chi connectivity index (χ3n) is 3.85. The van der Waals surface area contributed by atoms with Gasteiger partial charge in [0.25, 0.3) is 0 Å². The van der Waals surface area contributed by atoms with Gasteiger partial charge < -0.3 is 15.2 Å². The van der Waals surface area contributed by atoms with Crippen LogP contribution in [0.1, 0.15) is 35.3 Å². The third kappa shape index (κ3) is 2.71. The fourth-order valence-corrected chi connectivity index (χ4v) is 2.98. The summed E-state index contributed by atoms with van der Waals surface area (Å²) in [7, 11) is 1.60. The summed E-state index contributed by atoms with van der Waals surface area (Å²) in [6, 6.07) is 11.8. The molecule has 3 rings (SSSR count). The largest absolute Gasteiger partial charge is 0.495 e. The van der Waals surface area contributed by atoms with Gasteiger partial charge >= 0.3 is 0 Å². The Morgan fingerprint density at radius 3 is 2.76 bits per heavy atom. The van der Waals surface area contributed by atoms with Crippen LogP contribution in [-0.2, 0) is 0 Å². The molecule has 0 saturated heterocycles. The first-order valence-corrected chi connectivity index (χ1v) is 7.32. The third-order valence-corrected chi connectivity index (χ3v) is 4.15. The lowest BCUT2D eigenvalue weighted by molar-refractivity contribution is 0.161. The fourth-order valence-electron chi connectivity index (χ4n) is 2.71. The van der Waals surface area contributed by atoms with E-state index < -0.39 is 0 Å². The first-order valence-electron chi connectivity index (χ1n) is 6.94. The van der Waals surface area contributed by atoms with Gasteiger partial charge in [0.1, 0.15) is 17.6 Å². The van der Waals surface area contributed by atoms with E-state index in [1.54, 1.807) is 7.11 Å². The van der Waals surface area contributed by atoms with Crippen molar-refractivity contribution in [3.8, 4) is 11.5 Å². The molecule has 1 aliphatic rings. The first kappa shape index (κ1) is 14.2. The molecule has 2 N–H and O–H groups in total. The van der Waals surface area contributed by atoms with E-state index in [2.05, 4.69) is 13.0 Å². The lowest BCUT2D eigenvalue weighted by atomic mass is 9.92. The Morgan fingerprint density at radius 1 is 1.24 bits per heavy atom. The minimum atomic E-state index is -0.0846. The maximum absolute atomic E-state index is 6.30. The normalized spacial score (nSPS) is 20.6. The molecule has 0 bridgehead atoms. The number of fused-ring (bicyclic) bond motifs is 1. The summed E-state index contributed by atoms with van der Waals surface area (Å²) < 4.78 is 11.3. The van der Waals surface area contributed by atoms with Crippen molar-refractivity contribution in [2.45, 2.75) is 25.5 Å². The van der Waals surface area contributed by atoms with Crippen LogP contribution in [0.2, 0.25) is 5.02 Å². The van der Waals surface area contributed by atoms with E-state index in [0.717, 1.165) is 23.3 Å². The number of benzene rings is 2. The van der Waals surface area contributed by atoms with Crippen LogP contribution < -0.4 is 15.2 Å². The van der Waals surface area contributed by atoms with E-state index in [9.17, 15) is 0 Å². The van der Waals surface area contributed by atoms with Crippen LogP contribution in [0, 0.1) is 6.92 Å². The van der Waals surface area contributed by atoms with Gasteiger partial charge in [-0.2, -0.15) is 0 Å². The van der Waals surface area contributed by atoms with Gasteiger partial charge in [-0.15, -0.1) is 0 Å². The van der Waals surface area contributed by atoms with Gasteiger partial charge in [-0.25, -0.2) is 0 Å². The van der Waals surface area contributed by atoms with E-state index in [1.165, 1.54) is 5.56 Å². The molecular weight excluding hydrogens is 286 g/mol. The van der Waals surface area contributed by atoms with Gasteiger partial charge in [-0.05, 0) is 30.7 Å². The second kappa shape index (κ2) is 5.58. The molecule has 0 radical (unpaired) electrons. The molecule has 0 amide bonds. The van der Waals surface area contributed by atoms with Crippen molar-refractivity contribution in [2.24, 2.45) is 5.73 Å². The molecule has 0 aromatic heterocycles. The number of hydrogen-bond donors (Lipinski definition) is 1. The second-order valence-corrected chi connectivity index (χ2v) is 5.79. The number of halogens is 1. The molecule has 110 valence electrons. The lowest BCUT2D eigenvalue weighted by Gasteiger charge is -2.31. The average molecular weight is 304 g/mol. The monoisotopic (exact) mass is 303 g/mol. The Morgan fingerprint density at radius 2 is 2.05 bits per heavy atom. The molecule has 1 unspecified atom stereocenters. The zero-order valence-corrected chi connectivity index (χ0v) is 12.9. The molecule has 2 atom stereocenters. The van der Waals surface area contributed by atoms with Crippen molar-refractivity contribution in [1.29, 1.82) is 0 Å². The highest BCUT2D eigenvalue weighted by atomic mass is 35.5. The summed E-state index contributed by atoms with van der Waals surface area (Å²) in [5, 5.41) is 0.585. The van der Waals surface area contributed by atoms with Crippen molar-refractivity contribution in [3.05, 3.63) is 58.1 Å². The van der Waals surface area contributed by atoms with Gasteiger partial charge in [0.2, 0.25) is 0 Å². The quantitative estimate of drug-likeness (QED) is 0.905. The highest BCUT2D eigenvalue weighted by Crippen LogP contribution is 2.41. The van der Waals surface area contributed by atoms with Gasteiger partial charge in [0.05, 0.1) is 12.1 Å². The number of aryl methyl sites for hydroxylation is 1. The number of methoxy groups -OCH3 is 1. The van der Waals surface area contributed by atoms with Crippen molar-refractivity contribution in [3.63, 3.8) is 0 Å². The number of rotatable bonds is 2. The maximum Gasteiger partial charge on any atom is 0.137 e. The Bertz CT molecular complexity index is 672. The molecule has 0 saturated carbocycles. The SMILES string of the molecule is COc1ccc(C2C[C@H](N)c3cc(C)ccc3O2)cc1Cl. The summed E-state index contributed by atoms with van der Waals surface area (Å²) in [4.78, 5) is 0. The van der Waals surface area contributed by atoms with Crippen LogP contribution in [0.3, 0.4) is 0 Å². The lowest BCUT2D eigenvalue weighted by Crippen LogP contribution is -2.24. The summed E-state index contributed by atoms with van der Waals surface area (Å²) >= 11 is 6.19. The standard InChI is InChI=1S/C17H18ClNO2/c1-10-3-5-15-12(7-10)14(19)9-17(21-15)11-4-6-16(20-2)13(18)8-11/h3-8,14,17H,9,19H2,1-2H3/t14-,17?/m0/s1. The Balaban J connectivity index is 1.92. The van der Waals surface area contributed by atoms with Gasteiger partial charge in [0, 0.05) is 18.0 Å². The van der Waals surface area contributed by atoms with Crippen LogP contribution in [0.5, 0.6) is 11.5 Å². The minimum absolute atomic E-state index is 0.0282. The Kier molecular flexibility index (Phi) is 3.79. The summed E-state index contributed by atoms with van der Waals surface area (Å²) in [5.41, 5.74) is 9.58. The molecule has 21 heavy (non-hydrogen) atoms. The smallest absolute Gasteiger partial charge is 0.137 e. The zero-order chi connectivity index (χ0) is 15.0. The molecule has 2 aromatic carbocycles. The molecule has 0 fully saturated rings. The van der Waals surface area contributed by atoms with Crippen LogP contribution in [-0.4, -0.2) is 7.11 Å². The highest BCUT2D eigenvalue weighted by Gasteiger charge is 2.27. The summed E-state index contributed by atoms with van der Waals surface area (Å²) in [6.07, 6.45) is 0.651. The fraction of sp³-hybridized carbons (Fsp3) is 0.294. The predicted molar refractivity (Wildman–Crippen MR) is 84.1 cm³/mol. The van der Waals surface area contributed by atoms with E-state index in [-0.39, 0.29) is 12.1 Å². The second-order valence-electron chi connectivity index (χ2n) is 5.38. The van der Waals surface area contributed by atoms with E-state index >= 15 is 0 Å². The molecule has 4 heteroatoms. The van der Waals surface area contributed by atoms with Gasteiger partial charge in [-0.3, -0.25) is 0 Å². The molecule has 1 heterocycles. The predicted octanol–water partition coefficient (Wildman–Crippen LogP) is 4.18. The first-order chi connectivity index (χ1) is 10.1. The van der Waals surface area contributed by atoms with Crippen molar-refractivity contribution >= 4 is 11.6 Å². The average Bonchev–Trinajstić information content (AvgIpc) is 2.47. The number of nitrogens with two attached hydrogens (primary N) is 1. The molecule has 1 aliphatic heterocycles. The molecule has 0 aliphatic carbocycles. The van der Waals surface area contributed by atoms with Gasteiger partial charge in [-0.1, -0.05) is 35.4 Å². The van der Waals surface area contributed by atoms with E-state index in [0.29, 0.717) is 10.8 Å². The van der Waals surface area contributed by atoms with Crippen molar-refractivity contribution in [2.75, 3.05) is 7.11 Å². The van der Waals surface area contributed by atoms with E-state index in [1.807, 2.05) is 30.3 Å². The summed E-state index contributed by atoms with van der Waals surface area (Å²) in [5.74, 6) is 1.52. The number of hydrogen-bond acceptors (Lipinski definition) is 3. The molecule has 3 nitrogen and oxygen atoms in total. The zero-order valence-electron chi connectivity index (χ0n) is 12.1. The Hall–Kier alpha value is -1.71. The van der Waals surface area contributed by atoms with Crippen molar-refractivity contribution < 1.29 is 9.47 Å². The van der Waals surface area contributed by atoms with Crippen molar-refractivity contribution in [1.82, 2.24) is 0 Å². The summed E-state index contributed by atoms with van der Waals surface area (Å²) in [6.45, 7) is 2.06. The van der Waals surface area contributed by atoms with E-state index in [4.69, 9.17) is 26.8 Å². The molecule has 2 aromatic rings. The minimum Gasteiger partial charge on any atom is -0.495 e. The van der Waals surface area contributed by atoms with Gasteiger partial charge in [0.15, 0.2) is 0 Å². The topological polar surface area (TPSA) is 44.5 Å². The van der Waals surface area contributed by atoms with Crippen LogP contribution >= 0.6 is 11.6 Å². The molecule has 0 spiro atoms. The maximum atomic E-state index is 6.30. The van der Waals surface area contributed by atoms with Crippen LogP contribution in [0.15, 0.2) is 36.4 Å². The number of ether oxygens (including phenoxy) is 2. The Labute approximate surface area is 129 Å². The highest BCUT2D eigenvalue weighted by molar-refractivity contribution is 6.32. The van der Waals surface area contributed by atoms with Crippen LogP contribution in [0.25, 0.3) is 0 Å². The van der Waals surface area contributed by atoms with Crippen LogP contribution in [0.4, 0.5) is 0 Å². The molecular formula is C17H18ClNO2.